The smallest absolute Gasteiger partial charge is 0.221 e. The van der Waals surface area contributed by atoms with Gasteiger partial charge in [0.25, 0.3) is 0 Å². The highest BCUT2D eigenvalue weighted by Crippen LogP contribution is 2.26. The van der Waals surface area contributed by atoms with Gasteiger partial charge in [-0.15, -0.1) is 0 Å². The Hall–Kier alpha value is -2.19. The second-order valence-electron chi connectivity index (χ2n) is 7.73. The fraction of sp³-hybridized carbons (Fsp3) is 0.409. The predicted octanol–water partition coefficient (Wildman–Crippen LogP) is 3.49. The summed E-state index contributed by atoms with van der Waals surface area (Å²) in [5.74, 6) is -0.567. The number of rotatable bonds is 9. The molecule has 6 nitrogen and oxygen atoms in total. The van der Waals surface area contributed by atoms with Crippen LogP contribution in [-0.4, -0.2) is 48.0 Å². The van der Waals surface area contributed by atoms with E-state index in [0.29, 0.717) is 21.8 Å². The van der Waals surface area contributed by atoms with Crippen LogP contribution in [0.3, 0.4) is 0 Å². The number of likely N-dealkylation sites (tertiary alicyclic amines) is 1. The van der Waals surface area contributed by atoms with Crippen LogP contribution in [0.25, 0.3) is 0 Å². The molecule has 8 heteroatoms. The van der Waals surface area contributed by atoms with E-state index in [-0.39, 0.29) is 18.3 Å². The van der Waals surface area contributed by atoms with Gasteiger partial charge >= 0.3 is 0 Å². The Labute approximate surface area is 181 Å². The first-order valence-corrected chi connectivity index (χ1v) is 10.5. The van der Waals surface area contributed by atoms with Gasteiger partial charge in [-0.1, -0.05) is 23.7 Å². The molecule has 162 valence electrons. The van der Waals surface area contributed by atoms with Crippen LogP contribution >= 0.6 is 11.6 Å². The number of ether oxygens (including phenoxy) is 1. The largest absolute Gasteiger partial charge is 0.489 e. The van der Waals surface area contributed by atoms with Gasteiger partial charge in [0.1, 0.15) is 30.8 Å². The number of amides is 1. The summed E-state index contributed by atoms with van der Waals surface area (Å²) < 4.78 is 19.8. The van der Waals surface area contributed by atoms with Crippen molar-refractivity contribution in [3.8, 4) is 5.75 Å². The third-order valence-corrected chi connectivity index (χ3v) is 5.42. The average Bonchev–Trinajstić information content (AvgIpc) is 3.17. The number of hydrogen-bond acceptors (Lipinski definition) is 4. The summed E-state index contributed by atoms with van der Waals surface area (Å²) >= 11 is 5.99. The van der Waals surface area contributed by atoms with Crippen molar-refractivity contribution in [2.45, 2.75) is 32.4 Å². The lowest BCUT2D eigenvalue weighted by molar-refractivity contribution is -0.971. The number of carbonyl (C=O) groups is 1. The molecular weight excluding hydrogens is 409 g/mol. The molecule has 1 heterocycles. The number of quaternary nitrogens is 1. The maximum absolute atomic E-state index is 13.6. The van der Waals surface area contributed by atoms with Crippen molar-refractivity contribution in [2.75, 3.05) is 31.6 Å². The summed E-state index contributed by atoms with van der Waals surface area (Å²) in [6, 6.07) is 11.7. The average molecular weight is 437 g/mol. The molecule has 1 unspecified atom stereocenters. The van der Waals surface area contributed by atoms with E-state index >= 15 is 0 Å². The third-order valence-electron chi connectivity index (χ3n) is 5.17. The molecule has 0 spiro atoms. The van der Waals surface area contributed by atoms with Gasteiger partial charge in [-0.05, 0) is 24.3 Å². The molecule has 1 saturated heterocycles. The lowest BCUT2D eigenvalue weighted by Crippen LogP contribution is -2.57. The van der Waals surface area contributed by atoms with Crippen LogP contribution in [0.1, 0.15) is 25.3 Å². The van der Waals surface area contributed by atoms with Crippen LogP contribution < -0.4 is 15.5 Å². The molecule has 1 fully saturated rings. The number of benzene rings is 2. The highest BCUT2D eigenvalue weighted by Gasteiger charge is 2.33. The molecule has 0 saturated carbocycles. The molecule has 0 radical (unpaired) electrons. The maximum atomic E-state index is 13.6. The monoisotopic (exact) mass is 436 g/mol. The van der Waals surface area contributed by atoms with E-state index in [9.17, 15) is 14.3 Å². The normalized spacial score (nSPS) is 16.3. The first-order valence-electron chi connectivity index (χ1n) is 10.1. The van der Waals surface area contributed by atoms with Gasteiger partial charge in [0.2, 0.25) is 5.91 Å². The number of aliphatic hydroxyl groups excluding tert-OH is 1. The summed E-state index contributed by atoms with van der Waals surface area (Å²) in [5, 5.41) is 13.7. The molecule has 1 aliphatic rings. The van der Waals surface area contributed by atoms with Crippen LogP contribution in [0.2, 0.25) is 5.02 Å². The number of nitrogens with zero attached hydrogens (tertiary/aromatic N) is 1. The summed E-state index contributed by atoms with van der Waals surface area (Å²) in [6.07, 6.45) is 1.45. The fourth-order valence-electron chi connectivity index (χ4n) is 3.70. The Balaban J connectivity index is 1.56. The molecule has 30 heavy (non-hydrogen) atoms. The van der Waals surface area contributed by atoms with Crippen LogP contribution in [0.5, 0.6) is 5.75 Å². The van der Waals surface area contributed by atoms with E-state index in [0.717, 1.165) is 32.5 Å². The van der Waals surface area contributed by atoms with Crippen molar-refractivity contribution in [3.63, 3.8) is 0 Å². The lowest BCUT2D eigenvalue weighted by atomic mass is 10.2. The van der Waals surface area contributed by atoms with E-state index in [4.69, 9.17) is 16.3 Å². The topological polar surface area (TPSA) is 70.6 Å². The molecule has 0 aromatic heterocycles. The number of nitrogens with one attached hydrogen (secondary N) is 2. The van der Waals surface area contributed by atoms with Gasteiger partial charge in [0.15, 0.2) is 0 Å². The minimum atomic E-state index is -0.792. The molecule has 2 aromatic carbocycles. The van der Waals surface area contributed by atoms with Crippen LogP contribution in [-0.2, 0) is 11.3 Å². The molecule has 0 bridgehead atoms. The van der Waals surface area contributed by atoms with Gasteiger partial charge in [-0.3, -0.25) is 4.79 Å². The number of anilines is 1. The zero-order valence-corrected chi connectivity index (χ0v) is 17.8. The predicted molar refractivity (Wildman–Crippen MR) is 115 cm³/mol. The molecule has 1 amide bonds. The Kier molecular flexibility index (Phi) is 7.66. The third kappa shape index (κ3) is 6.40. The number of halogens is 2. The second-order valence-corrected chi connectivity index (χ2v) is 8.17. The molecule has 1 atom stereocenters. The van der Waals surface area contributed by atoms with Gasteiger partial charge < -0.3 is 15.2 Å². The molecule has 3 N–H and O–H groups in total. The summed E-state index contributed by atoms with van der Waals surface area (Å²) in [4.78, 5) is 11.3. The molecule has 3 rings (SSSR count). The summed E-state index contributed by atoms with van der Waals surface area (Å²) in [7, 11) is 0. The summed E-state index contributed by atoms with van der Waals surface area (Å²) in [6.45, 7) is 4.44. The Morgan fingerprint density at radius 2 is 1.93 bits per heavy atom. The van der Waals surface area contributed by atoms with Gasteiger partial charge in [0.05, 0.1) is 25.3 Å². The Bertz CT molecular complexity index is 857. The summed E-state index contributed by atoms with van der Waals surface area (Å²) in [5.41, 5.74) is 5.03. The highest BCUT2D eigenvalue weighted by atomic mass is 35.5. The minimum absolute atomic E-state index is 0.0238. The zero-order valence-electron chi connectivity index (χ0n) is 17.0. The van der Waals surface area contributed by atoms with Crippen molar-refractivity contribution in [1.29, 1.82) is 0 Å². The Morgan fingerprint density at radius 3 is 2.60 bits per heavy atom. The Morgan fingerprint density at radius 1 is 1.23 bits per heavy atom. The first-order chi connectivity index (χ1) is 14.3. The second kappa shape index (κ2) is 10.2. The van der Waals surface area contributed by atoms with E-state index in [1.165, 1.54) is 30.7 Å². The van der Waals surface area contributed by atoms with Crippen LogP contribution in [0.4, 0.5) is 10.1 Å². The standard InChI is InChI=1S/C22H27ClFN3O3/c1-16(28)26-21-9-8-19(24)12-22(21)30-15-20(29)13-25-27(10-2-3-11-27)14-17-4-6-18(23)7-5-17/h4-9,12,20,25,29H,2-3,10-11,13-15H2,1H3/p+1. The van der Waals surface area contributed by atoms with Crippen molar-refractivity contribution in [3.05, 3.63) is 58.9 Å². The maximum Gasteiger partial charge on any atom is 0.221 e. The van der Waals surface area contributed by atoms with Crippen molar-refractivity contribution in [1.82, 2.24) is 5.43 Å². The van der Waals surface area contributed by atoms with Crippen molar-refractivity contribution >= 4 is 23.2 Å². The van der Waals surface area contributed by atoms with E-state index in [1.54, 1.807) is 0 Å². The molecule has 0 aliphatic carbocycles. The first kappa shape index (κ1) is 22.5. The van der Waals surface area contributed by atoms with Crippen LogP contribution in [0, 0.1) is 5.82 Å². The number of aliphatic hydroxyl groups is 1. The quantitative estimate of drug-likeness (QED) is 0.526. The van der Waals surface area contributed by atoms with Gasteiger partial charge in [-0.2, -0.15) is 5.43 Å². The van der Waals surface area contributed by atoms with Crippen molar-refractivity contribution < 1.29 is 23.6 Å². The molecule has 1 aliphatic heterocycles. The van der Waals surface area contributed by atoms with Gasteiger partial charge in [-0.25, -0.2) is 8.98 Å². The van der Waals surface area contributed by atoms with Crippen LogP contribution in [0.15, 0.2) is 42.5 Å². The number of hydrogen-bond donors (Lipinski definition) is 3. The lowest BCUT2D eigenvalue weighted by Gasteiger charge is -2.34. The molecular formula is C22H28ClFN3O3+. The van der Waals surface area contributed by atoms with E-state index < -0.39 is 11.9 Å². The number of carbonyl (C=O) groups excluding carboxylic acids is 1. The molecule has 2 aromatic rings. The van der Waals surface area contributed by atoms with Crippen molar-refractivity contribution in [2.24, 2.45) is 0 Å². The fourth-order valence-corrected chi connectivity index (χ4v) is 3.83. The SMILES string of the molecule is CC(=O)Nc1ccc(F)cc1OCC(O)CN[N+]1(Cc2ccc(Cl)cc2)CCCC1. The zero-order chi connectivity index (χ0) is 21.6. The van der Waals surface area contributed by atoms with Gasteiger partial charge in [0, 0.05) is 36.4 Å². The highest BCUT2D eigenvalue weighted by molar-refractivity contribution is 6.30. The van der Waals surface area contributed by atoms with E-state index in [2.05, 4.69) is 10.7 Å². The minimum Gasteiger partial charge on any atom is -0.489 e. The van der Waals surface area contributed by atoms with E-state index in [1.807, 2.05) is 24.3 Å².